The van der Waals surface area contributed by atoms with Crippen LogP contribution in [0.5, 0.6) is 5.75 Å². The molecule has 0 radical (unpaired) electrons. The number of urea groups is 1. The number of pyridine rings is 1. The number of nitrogens with one attached hydrogen (secondary N) is 2. The SMILES string of the molecule is COC1C=CC(c2cn(C[C@H](C)N3CC(C)[C@H](CN(C)Cc4ccncc4)Oc4ccc(NC(=O)NC5CCCCC5)cc4CC3=O)nn2)=CC1. The number of hydrogen-bond acceptors (Lipinski definition) is 8. The van der Waals surface area contributed by atoms with Crippen LogP contribution in [0.4, 0.5) is 10.5 Å². The number of nitrogens with zero attached hydrogens (tertiary/aromatic N) is 6. The summed E-state index contributed by atoms with van der Waals surface area (Å²) in [6.45, 7) is 6.62. The van der Waals surface area contributed by atoms with Gasteiger partial charge in [-0.3, -0.25) is 14.7 Å². The fourth-order valence-electron chi connectivity index (χ4n) is 7.25. The van der Waals surface area contributed by atoms with Crippen molar-refractivity contribution in [3.8, 4) is 5.75 Å². The molecular formula is C39H52N8O4. The Hall–Kier alpha value is -4.55. The van der Waals surface area contributed by atoms with E-state index in [2.05, 4.69) is 57.8 Å². The van der Waals surface area contributed by atoms with Crippen molar-refractivity contribution in [2.45, 2.75) is 96.2 Å². The Balaban J connectivity index is 1.21. The number of rotatable bonds is 11. The van der Waals surface area contributed by atoms with Gasteiger partial charge < -0.3 is 25.0 Å². The van der Waals surface area contributed by atoms with Crippen LogP contribution in [-0.2, 0) is 29.0 Å². The minimum atomic E-state index is -0.221. The summed E-state index contributed by atoms with van der Waals surface area (Å²) in [7, 11) is 3.80. The average molecular weight is 697 g/mol. The number of benzene rings is 1. The summed E-state index contributed by atoms with van der Waals surface area (Å²) in [4.78, 5) is 35.5. The molecule has 0 saturated heterocycles. The summed E-state index contributed by atoms with van der Waals surface area (Å²) in [5, 5.41) is 15.0. The molecule has 12 nitrogen and oxygen atoms in total. The molecule has 6 rings (SSSR count). The van der Waals surface area contributed by atoms with Crippen LogP contribution < -0.4 is 15.4 Å². The average Bonchev–Trinajstić information content (AvgIpc) is 3.61. The zero-order valence-corrected chi connectivity index (χ0v) is 30.3. The number of aromatic nitrogens is 4. The zero-order chi connectivity index (χ0) is 35.7. The van der Waals surface area contributed by atoms with Gasteiger partial charge in [0.1, 0.15) is 17.5 Å². The number of carbonyl (C=O) groups is 2. The van der Waals surface area contributed by atoms with Crippen molar-refractivity contribution in [2.24, 2.45) is 5.92 Å². The van der Waals surface area contributed by atoms with Crippen molar-refractivity contribution >= 4 is 23.2 Å². The standard InChI is InChI=1S/C39H52N8O4/c1-27-22-47(28(2)23-46-25-35(43-44-46)30-10-13-34(50-4)14-11-30)38(48)21-31-20-33(42-39(49)41-32-8-6-5-7-9-32)12-15-36(31)51-37(27)26-45(3)24-29-16-18-40-19-17-29/h10-13,15-20,25,27-28,32,34,37H,5-9,14,21-24,26H2,1-4H3,(H2,41,42,49)/t27?,28-,34?,37-/m0/s1. The lowest BCUT2D eigenvalue weighted by Gasteiger charge is -2.34. The molecule has 12 heteroatoms. The van der Waals surface area contributed by atoms with Gasteiger partial charge in [-0.05, 0) is 74.7 Å². The van der Waals surface area contributed by atoms with Crippen LogP contribution in [0, 0.1) is 5.92 Å². The van der Waals surface area contributed by atoms with E-state index in [9.17, 15) is 9.59 Å². The summed E-state index contributed by atoms with van der Waals surface area (Å²) in [5.41, 5.74) is 4.36. The van der Waals surface area contributed by atoms with Crippen molar-refractivity contribution in [3.63, 3.8) is 0 Å². The molecular weight excluding hydrogens is 644 g/mol. The molecule has 51 heavy (non-hydrogen) atoms. The molecule has 272 valence electrons. The third-order valence-corrected chi connectivity index (χ3v) is 10.2. The summed E-state index contributed by atoms with van der Waals surface area (Å²) < 4.78 is 14.0. The van der Waals surface area contributed by atoms with E-state index in [4.69, 9.17) is 9.47 Å². The number of anilines is 1. The van der Waals surface area contributed by atoms with Crippen LogP contribution in [-0.4, -0.2) is 93.3 Å². The fraction of sp³-hybridized carbons (Fsp3) is 0.513. The Labute approximate surface area is 301 Å². The number of allylic oxidation sites excluding steroid dienone is 2. The van der Waals surface area contributed by atoms with Gasteiger partial charge in [-0.25, -0.2) is 9.48 Å². The molecule has 2 aliphatic carbocycles. The first kappa shape index (κ1) is 36.2. The van der Waals surface area contributed by atoms with Crippen molar-refractivity contribution in [2.75, 3.05) is 32.6 Å². The molecule has 1 fully saturated rings. The van der Waals surface area contributed by atoms with Crippen molar-refractivity contribution in [3.05, 3.63) is 84.0 Å². The maximum Gasteiger partial charge on any atom is 0.319 e. The number of carbonyl (C=O) groups excluding carboxylic acids is 2. The van der Waals surface area contributed by atoms with Crippen LogP contribution in [0.2, 0.25) is 0 Å². The lowest BCUT2D eigenvalue weighted by molar-refractivity contribution is -0.133. The Bertz CT molecular complexity index is 1680. The number of ether oxygens (including phenoxy) is 2. The van der Waals surface area contributed by atoms with Crippen LogP contribution in [0.25, 0.3) is 5.57 Å². The van der Waals surface area contributed by atoms with E-state index in [-0.39, 0.29) is 48.6 Å². The highest BCUT2D eigenvalue weighted by molar-refractivity contribution is 5.90. The number of amides is 3. The van der Waals surface area contributed by atoms with Crippen LogP contribution in [0.3, 0.4) is 0 Å². The molecule has 2 N–H and O–H groups in total. The topological polar surface area (TPSA) is 127 Å². The van der Waals surface area contributed by atoms with Crippen LogP contribution in [0.15, 0.2) is 67.2 Å². The third-order valence-electron chi connectivity index (χ3n) is 10.2. The molecule has 0 bridgehead atoms. The van der Waals surface area contributed by atoms with Gasteiger partial charge in [-0.15, -0.1) is 5.10 Å². The smallest absolute Gasteiger partial charge is 0.319 e. The lowest BCUT2D eigenvalue weighted by atomic mass is 9.96. The van der Waals surface area contributed by atoms with Gasteiger partial charge in [0.15, 0.2) is 0 Å². The molecule has 3 heterocycles. The van der Waals surface area contributed by atoms with E-state index in [1.165, 1.54) is 12.0 Å². The second-order valence-corrected chi connectivity index (χ2v) is 14.4. The minimum absolute atomic E-state index is 0.00216. The third kappa shape index (κ3) is 9.83. The number of likely N-dealkylation sites (N-methyl/N-ethyl adjacent to an activating group) is 1. The number of fused-ring (bicyclic) bond motifs is 1. The first-order valence-corrected chi connectivity index (χ1v) is 18.3. The highest BCUT2D eigenvalue weighted by Gasteiger charge is 2.32. The monoisotopic (exact) mass is 696 g/mol. The minimum Gasteiger partial charge on any atom is -0.488 e. The second-order valence-electron chi connectivity index (χ2n) is 14.4. The van der Waals surface area contributed by atoms with Crippen molar-refractivity contribution < 1.29 is 19.1 Å². The first-order valence-electron chi connectivity index (χ1n) is 18.3. The lowest BCUT2D eigenvalue weighted by Crippen LogP contribution is -2.47. The summed E-state index contributed by atoms with van der Waals surface area (Å²) in [5.74, 6) is 0.673. The van der Waals surface area contributed by atoms with Crippen LogP contribution >= 0.6 is 0 Å². The summed E-state index contributed by atoms with van der Waals surface area (Å²) >= 11 is 0. The predicted molar refractivity (Wildman–Crippen MR) is 197 cm³/mol. The van der Waals surface area contributed by atoms with E-state index in [1.807, 2.05) is 70.7 Å². The molecule has 2 aromatic heterocycles. The Kier molecular flexibility index (Phi) is 12.2. The molecule has 1 aliphatic heterocycles. The van der Waals surface area contributed by atoms with Gasteiger partial charge in [-0.1, -0.05) is 49.6 Å². The molecule has 0 spiro atoms. The zero-order valence-electron chi connectivity index (χ0n) is 30.3. The predicted octanol–water partition coefficient (Wildman–Crippen LogP) is 5.47. The van der Waals surface area contributed by atoms with Crippen LogP contribution in [0.1, 0.15) is 69.2 Å². The Morgan fingerprint density at radius 3 is 2.71 bits per heavy atom. The Morgan fingerprint density at radius 1 is 1.16 bits per heavy atom. The van der Waals surface area contributed by atoms with E-state index >= 15 is 0 Å². The molecule has 1 aromatic carbocycles. The van der Waals surface area contributed by atoms with Crippen molar-refractivity contribution in [1.82, 2.24) is 35.1 Å². The molecule has 2 unspecified atom stereocenters. The maximum atomic E-state index is 14.2. The Morgan fingerprint density at radius 2 is 1.96 bits per heavy atom. The summed E-state index contributed by atoms with van der Waals surface area (Å²) in [6.07, 6.45) is 18.0. The van der Waals surface area contributed by atoms with Gasteiger partial charge in [0.2, 0.25) is 5.91 Å². The highest BCUT2D eigenvalue weighted by atomic mass is 16.5. The molecule has 3 aromatic rings. The number of methoxy groups -OCH3 is 1. The van der Waals surface area contributed by atoms with Gasteiger partial charge in [0, 0.05) is 68.4 Å². The maximum absolute atomic E-state index is 14.2. The quantitative estimate of drug-likeness (QED) is 0.270. The largest absolute Gasteiger partial charge is 0.488 e. The van der Waals surface area contributed by atoms with E-state index in [0.29, 0.717) is 31.1 Å². The molecule has 3 amide bonds. The number of hydrogen-bond donors (Lipinski definition) is 2. The molecule has 3 aliphatic rings. The first-order chi connectivity index (χ1) is 24.7. The van der Waals surface area contributed by atoms with Gasteiger partial charge in [0.05, 0.1) is 25.3 Å². The molecule has 4 atom stereocenters. The van der Waals surface area contributed by atoms with Crippen molar-refractivity contribution in [1.29, 1.82) is 0 Å². The van der Waals surface area contributed by atoms with Gasteiger partial charge in [-0.2, -0.15) is 0 Å². The van der Waals surface area contributed by atoms with E-state index in [1.54, 1.807) is 7.11 Å². The normalized spacial score (nSPS) is 21.9. The van der Waals surface area contributed by atoms with E-state index < -0.39 is 0 Å². The molecule has 1 saturated carbocycles. The second kappa shape index (κ2) is 17.1. The van der Waals surface area contributed by atoms with Gasteiger partial charge >= 0.3 is 6.03 Å². The fourth-order valence-corrected chi connectivity index (χ4v) is 7.25. The van der Waals surface area contributed by atoms with Gasteiger partial charge in [0.25, 0.3) is 0 Å². The van der Waals surface area contributed by atoms with E-state index in [0.717, 1.165) is 55.5 Å². The summed E-state index contributed by atoms with van der Waals surface area (Å²) in [6, 6.07) is 9.48. The highest BCUT2D eigenvalue weighted by Crippen LogP contribution is 2.30.